The van der Waals surface area contributed by atoms with E-state index in [1.807, 2.05) is 26.8 Å². The van der Waals surface area contributed by atoms with Crippen LogP contribution in [-0.4, -0.2) is 35.2 Å². The molecule has 4 nitrogen and oxygen atoms in total. The van der Waals surface area contributed by atoms with E-state index >= 15 is 0 Å². The van der Waals surface area contributed by atoms with Crippen molar-refractivity contribution in [1.29, 1.82) is 0 Å². The van der Waals surface area contributed by atoms with Crippen molar-refractivity contribution in [3.8, 4) is 0 Å². The molecule has 1 heterocycles. The molecule has 4 heteroatoms. The zero-order chi connectivity index (χ0) is 17.9. The van der Waals surface area contributed by atoms with Crippen molar-refractivity contribution in [2.75, 3.05) is 6.54 Å². The van der Waals surface area contributed by atoms with Gasteiger partial charge in [-0.1, -0.05) is 44.2 Å². The lowest BCUT2D eigenvalue weighted by Crippen LogP contribution is -2.58. The van der Waals surface area contributed by atoms with Crippen LogP contribution in [0.25, 0.3) is 0 Å². The summed E-state index contributed by atoms with van der Waals surface area (Å²) in [5.74, 6) is 0.918. The molecule has 1 aromatic carbocycles. The van der Waals surface area contributed by atoms with Gasteiger partial charge in [0.1, 0.15) is 5.60 Å². The van der Waals surface area contributed by atoms with Crippen molar-refractivity contribution in [3.63, 3.8) is 0 Å². The molecule has 1 amide bonds. The second kappa shape index (κ2) is 7.56. The highest BCUT2D eigenvalue weighted by molar-refractivity contribution is 5.68. The van der Waals surface area contributed by atoms with E-state index in [0.29, 0.717) is 17.9 Å². The minimum atomic E-state index is -0.468. The van der Waals surface area contributed by atoms with Crippen LogP contribution in [0.1, 0.15) is 47.1 Å². The third-order valence-electron chi connectivity index (χ3n) is 5.16. The highest BCUT2D eigenvalue weighted by Crippen LogP contribution is 2.30. The Morgan fingerprint density at radius 2 is 1.79 bits per heavy atom. The van der Waals surface area contributed by atoms with Gasteiger partial charge in [-0.25, -0.2) is 4.79 Å². The molecule has 0 radical (unpaired) electrons. The number of hydrogen-bond donors (Lipinski definition) is 1. The molecular formula is C20H32N2O2. The maximum Gasteiger partial charge on any atom is 0.407 e. The van der Waals surface area contributed by atoms with Crippen molar-refractivity contribution in [1.82, 2.24) is 10.2 Å². The fraction of sp³-hybridized carbons (Fsp3) is 0.650. The first-order chi connectivity index (χ1) is 11.2. The van der Waals surface area contributed by atoms with E-state index in [0.717, 1.165) is 13.1 Å². The first kappa shape index (κ1) is 18.8. The maximum atomic E-state index is 12.2. The quantitative estimate of drug-likeness (QED) is 0.907. The van der Waals surface area contributed by atoms with Crippen LogP contribution in [0.2, 0.25) is 0 Å². The normalized spacial score (nSPS) is 28.4. The summed E-state index contributed by atoms with van der Waals surface area (Å²) in [6.45, 7) is 14.2. The SMILES string of the molecule is C[C@H]1[C@H](C)[C@H](NC(=O)OC(C)(C)C)CN(Cc2ccccc2)[C@@H]1C. The average molecular weight is 332 g/mol. The fourth-order valence-corrected chi connectivity index (χ4v) is 3.39. The summed E-state index contributed by atoms with van der Waals surface area (Å²) >= 11 is 0. The highest BCUT2D eigenvalue weighted by Gasteiger charge is 2.37. The van der Waals surface area contributed by atoms with Crippen LogP contribution in [-0.2, 0) is 11.3 Å². The molecule has 24 heavy (non-hydrogen) atoms. The van der Waals surface area contributed by atoms with E-state index < -0.39 is 5.60 Å². The summed E-state index contributed by atoms with van der Waals surface area (Å²) in [5.41, 5.74) is 0.840. The number of hydrogen-bond acceptors (Lipinski definition) is 3. The predicted molar refractivity (Wildman–Crippen MR) is 97.8 cm³/mol. The Morgan fingerprint density at radius 1 is 1.17 bits per heavy atom. The number of amides is 1. The Bertz CT molecular complexity index is 538. The van der Waals surface area contributed by atoms with E-state index in [4.69, 9.17) is 4.74 Å². The summed E-state index contributed by atoms with van der Waals surface area (Å²) in [6, 6.07) is 11.1. The Morgan fingerprint density at radius 3 is 2.38 bits per heavy atom. The van der Waals surface area contributed by atoms with Gasteiger partial charge in [0.15, 0.2) is 0 Å². The Labute approximate surface area is 146 Å². The topological polar surface area (TPSA) is 41.6 Å². The van der Waals surface area contributed by atoms with Crippen LogP contribution in [0, 0.1) is 11.8 Å². The number of benzene rings is 1. The average Bonchev–Trinajstić information content (AvgIpc) is 2.49. The highest BCUT2D eigenvalue weighted by atomic mass is 16.6. The molecular weight excluding hydrogens is 300 g/mol. The first-order valence-corrected chi connectivity index (χ1v) is 8.95. The molecule has 1 aromatic rings. The molecule has 134 valence electrons. The molecule has 1 N–H and O–H groups in total. The van der Waals surface area contributed by atoms with Gasteiger partial charge in [0.05, 0.1) is 0 Å². The minimum absolute atomic E-state index is 0.106. The molecule has 1 saturated heterocycles. The monoisotopic (exact) mass is 332 g/mol. The summed E-state index contributed by atoms with van der Waals surface area (Å²) in [5, 5.41) is 3.09. The predicted octanol–water partition coefficient (Wildman–Crippen LogP) is 4.06. The number of nitrogens with one attached hydrogen (secondary N) is 1. The number of alkyl carbamates (subject to hydrolysis) is 1. The van der Waals surface area contributed by atoms with E-state index in [9.17, 15) is 4.79 Å². The van der Waals surface area contributed by atoms with Gasteiger partial charge in [0.25, 0.3) is 0 Å². The standard InChI is InChI=1S/C20H32N2O2/c1-14-15(2)18(21-19(23)24-20(4,5)6)13-22(16(14)3)12-17-10-8-7-9-11-17/h7-11,14-16,18H,12-13H2,1-6H3,(H,21,23)/t14-,15-,16+,18+/m0/s1. The summed E-state index contributed by atoms with van der Waals surface area (Å²) in [4.78, 5) is 14.6. The van der Waals surface area contributed by atoms with Gasteiger partial charge in [0.2, 0.25) is 0 Å². The number of piperidine rings is 1. The van der Waals surface area contributed by atoms with E-state index in [1.54, 1.807) is 0 Å². The Kier molecular flexibility index (Phi) is 5.92. The largest absolute Gasteiger partial charge is 0.444 e. The zero-order valence-electron chi connectivity index (χ0n) is 15.9. The molecule has 0 aliphatic carbocycles. The molecule has 1 aliphatic heterocycles. The molecule has 0 unspecified atom stereocenters. The van der Waals surface area contributed by atoms with Crippen LogP contribution in [0.15, 0.2) is 30.3 Å². The van der Waals surface area contributed by atoms with Crippen molar-refractivity contribution in [3.05, 3.63) is 35.9 Å². The van der Waals surface area contributed by atoms with Gasteiger partial charge >= 0.3 is 6.09 Å². The van der Waals surface area contributed by atoms with Crippen LogP contribution < -0.4 is 5.32 Å². The summed E-state index contributed by atoms with van der Waals surface area (Å²) in [6.07, 6.45) is -0.319. The molecule has 0 spiro atoms. The smallest absolute Gasteiger partial charge is 0.407 e. The maximum absolute atomic E-state index is 12.2. The summed E-state index contributed by atoms with van der Waals surface area (Å²) in [7, 11) is 0. The molecule has 0 saturated carbocycles. The number of rotatable bonds is 3. The third kappa shape index (κ3) is 4.97. The Hall–Kier alpha value is -1.55. The van der Waals surface area contributed by atoms with Crippen molar-refractivity contribution in [2.45, 2.75) is 65.8 Å². The minimum Gasteiger partial charge on any atom is -0.444 e. The Balaban J connectivity index is 2.04. The van der Waals surface area contributed by atoms with Gasteiger partial charge in [-0.15, -0.1) is 0 Å². The van der Waals surface area contributed by atoms with Gasteiger partial charge in [0, 0.05) is 25.2 Å². The first-order valence-electron chi connectivity index (χ1n) is 8.95. The van der Waals surface area contributed by atoms with Crippen LogP contribution in [0.4, 0.5) is 4.79 Å². The van der Waals surface area contributed by atoms with E-state index in [2.05, 4.69) is 55.3 Å². The third-order valence-corrected chi connectivity index (χ3v) is 5.16. The van der Waals surface area contributed by atoms with Crippen LogP contribution >= 0.6 is 0 Å². The number of carbonyl (C=O) groups is 1. The van der Waals surface area contributed by atoms with Gasteiger partial charge in [-0.2, -0.15) is 0 Å². The van der Waals surface area contributed by atoms with Crippen molar-refractivity contribution < 1.29 is 9.53 Å². The molecule has 0 bridgehead atoms. The van der Waals surface area contributed by atoms with Crippen LogP contribution in [0.3, 0.4) is 0 Å². The van der Waals surface area contributed by atoms with E-state index in [-0.39, 0.29) is 12.1 Å². The zero-order valence-corrected chi connectivity index (χ0v) is 15.9. The lowest BCUT2D eigenvalue weighted by molar-refractivity contribution is 0.0207. The van der Waals surface area contributed by atoms with Crippen LogP contribution in [0.5, 0.6) is 0 Å². The molecule has 4 atom stereocenters. The van der Waals surface area contributed by atoms with Crippen molar-refractivity contribution >= 4 is 6.09 Å². The number of carbonyl (C=O) groups excluding carboxylic acids is 1. The summed E-state index contributed by atoms with van der Waals surface area (Å²) < 4.78 is 5.44. The fourth-order valence-electron chi connectivity index (χ4n) is 3.39. The molecule has 2 rings (SSSR count). The van der Waals surface area contributed by atoms with Crippen molar-refractivity contribution in [2.24, 2.45) is 11.8 Å². The lowest BCUT2D eigenvalue weighted by Gasteiger charge is -2.46. The van der Waals surface area contributed by atoms with Gasteiger partial charge in [-0.05, 0) is 45.1 Å². The second-order valence-corrected chi connectivity index (χ2v) is 8.13. The number of ether oxygens (including phenoxy) is 1. The molecule has 1 fully saturated rings. The molecule has 1 aliphatic rings. The van der Waals surface area contributed by atoms with E-state index in [1.165, 1.54) is 5.56 Å². The number of likely N-dealkylation sites (tertiary alicyclic amines) is 1. The van der Waals surface area contributed by atoms with Gasteiger partial charge in [-0.3, -0.25) is 4.90 Å². The van der Waals surface area contributed by atoms with Gasteiger partial charge < -0.3 is 10.1 Å². The number of nitrogens with zero attached hydrogens (tertiary/aromatic N) is 1. The lowest BCUT2D eigenvalue weighted by atomic mass is 9.79. The molecule has 0 aromatic heterocycles. The second-order valence-electron chi connectivity index (χ2n) is 8.13.